The molecule has 5 rings (SSSR count). The number of halogens is 1. The average molecular weight is 488 g/mol. The van der Waals surface area contributed by atoms with E-state index in [2.05, 4.69) is 29.0 Å². The van der Waals surface area contributed by atoms with E-state index in [9.17, 15) is 4.39 Å². The monoisotopic (exact) mass is 487 g/mol. The lowest BCUT2D eigenvalue weighted by atomic mass is 9.94. The number of benzene rings is 1. The third-order valence-corrected chi connectivity index (χ3v) is 7.42. The van der Waals surface area contributed by atoms with E-state index in [1.54, 1.807) is 12.1 Å². The van der Waals surface area contributed by atoms with Crippen LogP contribution >= 0.6 is 0 Å². The molecule has 1 saturated heterocycles. The molecule has 4 heterocycles. The van der Waals surface area contributed by atoms with Crippen molar-refractivity contribution < 1.29 is 4.39 Å². The van der Waals surface area contributed by atoms with Crippen molar-refractivity contribution in [2.24, 2.45) is 5.73 Å². The highest BCUT2D eigenvalue weighted by Gasteiger charge is 2.26. The van der Waals surface area contributed by atoms with Gasteiger partial charge in [0.05, 0.1) is 17.9 Å². The van der Waals surface area contributed by atoms with Crippen LogP contribution in [-0.2, 0) is 0 Å². The minimum absolute atomic E-state index is 0.0886. The maximum absolute atomic E-state index is 14.0. The summed E-state index contributed by atoms with van der Waals surface area (Å²) in [5.41, 5.74) is 9.55. The van der Waals surface area contributed by atoms with Crippen molar-refractivity contribution in [1.82, 2.24) is 19.6 Å². The molecule has 0 spiro atoms. The van der Waals surface area contributed by atoms with Crippen LogP contribution in [0.5, 0.6) is 0 Å². The van der Waals surface area contributed by atoms with E-state index in [-0.39, 0.29) is 17.4 Å². The van der Waals surface area contributed by atoms with Gasteiger partial charge in [0.2, 0.25) is 0 Å². The van der Waals surface area contributed by atoms with Gasteiger partial charge in [0, 0.05) is 18.6 Å². The molecule has 0 bridgehead atoms. The minimum Gasteiger partial charge on any atom is -0.368 e. The number of hydrogen-bond donors (Lipinski definition) is 2. The Morgan fingerprint density at radius 2 is 1.92 bits per heavy atom. The molecule has 1 aliphatic rings. The quantitative estimate of drug-likeness (QED) is 0.337. The number of anilines is 2. The highest BCUT2D eigenvalue weighted by atomic mass is 19.1. The fourth-order valence-electron chi connectivity index (χ4n) is 4.90. The number of imidazole rings is 1. The molecule has 1 aromatic carbocycles. The third kappa shape index (κ3) is 4.91. The molecule has 0 saturated carbocycles. The van der Waals surface area contributed by atoms with Crippen LogP contribution in [0, 0.1) is 5.82 Å². The lowest BCUT2D eigenvalue weighted by molar-refractivity contribution is 0.418. The summed E-state index contributed by atoms with van der Waals surface area (Å²) in [6, 6.07) is 16.9. The molecule has 4 aromatic rings. The van der Waals surface area contributed by atoms with Crippen LogP contribution in [0.1, 0.15) is 57.6 Å². The van der Waals surface area contributed by atoms with Gasteiger partial charge in [-0.05, 0) is 74.1 Å². The van der Waals surface area contributed by atoms with Crippen LogP contribution in [-0.4, -0.2) is 38.2 Å². The van der Waals surface area contributed by atoms with Crippen molar-refractivity contribution in [2.75, 3.05) is 23.3 Å². The molecule has 3 aromatic heterocycles. The second-order valence-corrected chi connectivity index (χ2v) is 9.70. The largest absolute Gasteiger partial charge is 0.368 e. The smallest absolute Gasteiger partial charge is 0.154 e. The molecule has 3 N–H and O–H groups in total. The number of nitrogens with one attached hydrogen (secondary N) is 1. The number of hydrogen-bond acceptors (Lipinski definition) is 6. The molecule has 188 valence electrons. The van der Waals surface area contributed by atoms with Gasteiger partial charge in [-0.2, -0.15) is 0 Å². The molecular weight excluding hydrogens is 453 g/mol. The number of aromatic nitrogens is 4. The molecule has 1 fully saturated rings. The average Bonchev–Trinajstić information content (AvgIpc) is 3.35. The molecule has 0 radical (unpaired) electrons. The highest BCUT2D eigenvalue weighted by Crippen LogP contribution is 2.34. The lowest BCUT2D eigenvalue weighted by Gasteiger charge is -2.37. The van der Waals surface area contributed by atoms with Crippen molar-refractivity contribution in [2.45, 2.75) is 57.5 Å². The van der Waals surface area contributed by atoms with Gasteiger partial charge < -0.3 is 16.0 Å². The van der Waals surface area contributed by atoms with Crippen LogP contribution in [0.2, 0.25) is 0 Å². The molecule has 8 heteroatoms. The number of rotatable bonds is 8. The molecular formula is C28H34FN7. The Hall–Kier alpha value is -3.52. The normalized spacial score (nSPS) is 16.4. The van der Waals surface area contributed by atoms with E-state index in [1.807, 2.05) is 47.1 Å². The number of pyridine rings is 1. The Kier molecular flexibility index (Phi) is 6.87. The first kappa shape index (κ1) is 24.2. The fourth-order valence-corrected chi connectivity index (χ4v) is 4.90. The van der Waals surface area contributed by atoms with Crippen LogP contribution in [0.4, 0.5) is 16.0 Å². The minimum atomic E-state index is -0.260. The SMILES string of the molecule is CCC(N)(CC)CNc1cccc(-c2cnc3ccc(N4CCCCC4c4cccc(F)c4)nn23)n1. The summed E-state index contributed by atoms with van der Waals surface area (Å²) >= 11 is 0. The Labute approximate surface area is 211 Å². The van der Waals surface area contributed by atoms with Crippen LogP contribution in [0.25, 0.3) is 17.0 Å². The zero-order valence-corrected chi connectivity index (χ0v) is 21.0. The second kappa shape index (κ2) is 10.2. The summed E-state index contributed by atoms with van der Waals surface area (Å²) in [6.07, 6.45) is 6.75. The van der Waals surface area contributed by atoms with E-state index in [0.29, 0.717) is 6.54 Å². The number of fused-ring (bicyclic) bond motifs is 1. The number of piperidine rings is 1. The summed E-state index contributed by atoms with van der Waals surface area (Å²) in [4.78, 5) is 11.7. The first-order valence-corrected chi connectivity index (χ1v) is 12.9. The second-order valence-electron chi connectivity index (χ2n) is 9.70. The molecule has 0 amide bonds. The number of nitrogens with zero attached hydrogens (tertiary/aromatic N) is 5. The van der Waals surface area contributed by atoms with Gasteiger partial charge in [-0.25, -0.2) is 18.9 Å². The van der Waals surface area contributed by atoms with E-state index >= 15 is 0 Å². The first-order valence-electron chi connectivity index (χ1n) is 12.9. The Balaban J connectivity index is 1.46. The summed E-state index contributed by atoms with van der Waals surface area (Å²) in [5.74, 6) is 1.42. The van der Waals surface area contributed by atoms with Crippen LogP contribution in [0.3, 0.4) is 0 Å². The van der Waals surface area contributed by atoms with E-state index in [4.69, 9.17) is 15.8 Å². The zero-order chi connectivity index (χ0) is 25.1. The van der Waals surface area contributed by atoms with Crippen LogP contribution < -0.4 is 16.0 Å². The van der Waals surface area contributed by atoms with Gasteiger partial charge in [-0.15, -0.1) is 5.10 Å². The zero-order valence-electron chi connectivity index (χ0n) is 21.0. The maximum atomic E-state index is 14.0. The first-order chi connectivity index (χ1) is 17.5. The van der Waals surface area contributed by atoms with E-state index in [0.717, 1.165) is 72.9 Å². The van der Waals surface area contributed by atoms with E-state index in [1.165, 1.54) is 6.07 Å². The Morgan fingerprint density at radius 3 is 2.72 bits per heavy atom. The topological polar surface area (TPSA) is 84.4 Å². The van der Waals surface area contributed by atoms with Gasteiger partial charge in [-0.1, -0.05) is 32.0 Å². The predicted molar refractivity (Wildman–Crippen MR) is 143 cm³/mol. The molecule has 1 unspecified atom stereocenters. The Morgan fingerprint density at radius 1 is 1.08 bits per heavy atom. The standard InChI is InChI=1S/C28H34FN7/c1-3-28(30,4-2)19-32-25-13-8-11-22(33-25)24-18-31-26-14-15-27(34-36(24)26)35-16-6-5-12-23(35)20-9-7-10-21(29)17-20/h7-11,13-15,17-18,23H,3-6,12,16,19,30H2,1-2H3,(H,32,33). The van der Waals surface area contributed by atoms with Crippen LogP contribution in [0.15, 0.2) is 60.8 Å². The predicted octanol–water partition coefficient (Wildman–Crippen LogP) is 5.59. The third-order valence-electron chi connectivity index (χ3n) is 7.42. The van der Waals surface area contributed by atoms with Gasteiger partial charge in [0.1, 0.15) is 23.1 Å². The molecule has 7 nitrogen and oxygen atoms in total. The molecule has 36 heavy (non-hydrogen) atoms. The van der Waals surface area contributed by atoms with Gasteiger partial charge in [-0.3, -0.25) is 0 Å². The molecule has 1 atom stereocenters. The lowest BCUT2D eigenvalue weighted by Crippen LogP contribution is -2.45. The fraction of sp³-hybridized carbons (Fsp3) is 0.393. The molecule has 1 aliphatic heterocycles. The maximum Gasteiger partial charge on any atom is 0.154 e. The summed E-state index contributed by atoms with van der Waals surface area (Å²) in [7, 11) is 0. The summed E-state index contributed by atoms with van der Waals surface area (Å²) in [5, 5.41) is 8.38. The van der Waals surface area contributed by atoms with Gasteiger partial charge >= 0.3 is 0 Å². The summed E-state index contributed by atoms with van der Waals surface area (Å²) in [6.45, 7) is 5.75. The van der Waals surface area contributed by atoms with Crippen molar-refractivity contribution in [3.63, 3.8) is 0 Å². The Bertz CT molecular complexity index is 1330. The van der Waals surface area contributed by atoms with Crippen molar-refractivity contribution >= 4 is 17.3 Å². The van der Waals surface area contributed by atoms with Crippen molar-refractivity contribution in [3.05, 3.63) is 72.2 Å². The molecule has 0 aliphatic carbocycles. The highest BCUT2D eigenvalue weighted by molar-refractivity contribution is 5.62. The van der Waals surface area contributed by atoms with Crippen molar-refractivity contribution in [3.8, 4) is 11.4 Å². The van der Waals surface area contributed by atoms with Gasteiger partial charge in [0.15, 0.2) is 5.65 Å². The number of nitrogens with two attached hydrogens (primary N) is 1. The van der Waals surface area contributed by atoms with Crippen molar-refractivity contribution in [1.29, 1.82) is 0 Å². The summed E-state index contributed by atoms with van der Waals surface area (Å²) < 4.78 is 15.8. The van der Waals surface area contributed by atoms with E-state index < -0.39 is 0 Å². The van der Waals surface area contributed by atoms with Gasteiger partial charge in [0.25, 0.3) is 0 Å².